The van der Waals surface area contributed by atoms with Crippen molar-refractivity contribution in [2.24, 2.45) is 4.99 Å². The van der Waals surface area contributed by atoms with Gasteiger partial charge in [0.25, 0.3) is 0 Å². The number of nitrogens with zero attached hydrogens (tertiary/aromatic N) is 2. The van der Waals surface area contributed by atoms with Crippen molar-refractivity contribution >= 4 is 5.84 Å². The molecule has 1 aromatic heterocycles. The van der Waals surface area contributed by atoms with Gasteiger partial charge < -0.3 is 0 Å². The second-order valence-corrected chi connectivity index (χ2v) is 5.28. The zero-order valence-corrected chi connectivity index (χ0v) is 12.4. The van der Waals surface area contributed by atoms with Crippen LogP contribution in [0, 0.1) is 0 Å². The fourth-order valence-corrected chi connectivity index (χ4v) is 2.57. The van der Waals surface area contributed by atoms with Crippen molar-refractivity contribution in [3.63, 3.8) is 0 Å². The number of rotatable bonds is 3. The Morgan fingerprint density at radius 3 is 2.39 bits per heavy atom. The van der Waals surface area contributed by atoms with Crippen molar-refractivity contribution in [2.45, 2.75) is 6.23 Å². The van der Waals surface area contributed by atoms with E-state index >= 15 is 0 Å². The Bertz CT molecular complexity index is 832. The molecule has 0 amide bonds. The molecule has 4 heteroatoms. The molecule has 0 bridgehead atoms. The fraction of sp³-hybridized carbons (Fsp3) is 0.0526. The Balaban J connectivity index is 1.63. The van der Waals surface area contributed by atoms with Gasteiger partial charge in [-0.15, -0.1) is 0 Å². The van der Waals surface area contributed by atoms with E-state index in [-0.39, 0.29) is 6.23 Å². The van der Waals surface area contributed by atoms with Crippen LogP contribution in [0.1, 0.15) is 17.4 Å². The van der Waals surface area contributed by atoms with Gasteiger partial charge in [-0.2, -0.15) is 0 Å². The number of hydroxylamine groups is 1. The van der Waals surface area contributed by atoms with Crippen molar-refractivity contribution < 1.29 is 4.84 Å². The third-order valence-electron chi connectivity index (χ3n) is 3.75. The van der Waals surface area contributed by atoms with Gasteiger partial charge in [0, 0.05) is 23.5 Å². The average Bonchev–Trinajstić information content (AvgIpc) is 3.14. The summed E-state index contributed by atoms with van der Waals surface area (Å²) >= 11 is 0. The van der Waals surface area contributed by atoms with Crippen LogP contribution in [0.3, 0.4) is 0 Å². The number of hydrogen-bond acceptors (Lipinski definition) is 4. The predicted octanol–water partition coefficient (Wildman–Crippen LogP) is 3.73. The van der Waals surface area contributed by atoms with Gasteiger partial charge in [-0.05, 0) is 29.3 Å². The van der Waals surface area contributed by atoms with Crippen LogP contribution in [0.15, 0.2) is 84.1 Å². The minimum atomic E-state index is -0.346. The summed E-state index contributed by atoms with van der Waals surface area (Å²) in [7, 11) is 0. The normalized spacial score (nSPS) is 16.7. The lowest BCUT2D eigenvalue weighted by atomic mass is 10.0. The lowest BCUT2D eigenvalue weighted by molar-refractivity contribution is 0.0377. The summed E-state index contributed by atoms with van der Waals surface area (Å²) in [5.74, 6) is 0.725. The SMILES string of the molecule is c1ccc(-c2cccc(C3N=C(c4ccncc4)NO3)c2)cc1. The summed E-state index contributed by atoms with van der Waals surface area (Å²) in [4.78, 5) is 14.3. The van der Waals surface area contributed by atoms with Crippen LogP contribution >= 0.6 is 0 Å². The summed E-state index contributed by atoms with van der Waals surface area (Å²) in [5.41, 5.74) is 7.21. The molecular formula is C19H15N3O. The van der Waals surface area contributed by atoms with E-state index in [1.165, 1.54) is 5.56 Å². The smallest absolute Gasteiger partial charge is 0.202 e. The largest absolute Gasteiger partial charge is 0.265 e. The number of nitrogens with one attached hydrogen (secondary N) is 1. The number of hydrogen-bond donors (Lipinski definition) is 1. The van der Waals surface area contributed by atoms with E-state index in [0.29, 0.717) is 0 Å². The molecule has 3 aromatic rings. The molecule has 1 aliphatic heterocycles. The number of pyridine rings is 1. The first-order chi connectivity index (χ1) is 11.4. The van der Waals surface area contributed by atoms with Gasteiger partial charge in [-0.25, -0.2) is 15.3 Å². The Morgan fingerprint density at radius 1 is 0.783 bits per heavy atom. The second kappa shape index (κ2) is 6.02. The van der Waals surface area contributed by atoms with Crippen molar-refractivity contribution in [2.75, 3.05) is 0 Å². The van der Waals surface area contributed by atoms with E-state index in [4.69, 9.17) is 4.84 Å². The van der Waals surface area contributed by atoms with Gasteiger partial charge in [0.1, 0.15) is 0 Å². The van der Waals surface area contributed by atoms with E-state index in [9.17, 15) is 0 Å². The van der Waals surface area contributed by atoms with Crippen LogP contribution in [0.5, 0.6) is 0 Å². The highest BCUT2D eigenvalue weighted by Gasteiger charge is 2.21. The van der Waals surface area contributed by atoms with E-state index in [0.717, 1.165) is 22.5 Å². The molecule has 1 N–H and O–H groups in total. The minimum Gasteiger partial charge on any atom is -0.265 e. The van der Waals surface area contributed by atoms with Crippen molar-refractivity contribution in [1.82, 2.24) is 10.5 Å². The van der Waals surface area contributed by atoms with E-state index in [2.05, 4.69) is 39.7 Å². The van der Waals surface area contributed by atoms with Crippen LogP contribution in [0.4, 0.5) is 0 Å². The Labute approximate surface area is 134 Å². The first-order valence-electron chi connectivity index (χ1n) is 7.45. The Morgan fingerprint density at radius 2 is 1.57 bits per heavy atom. The molecule has 0 radical (unpaired) electrons. The van der Waals surface area contributed by atoms with E-state index < -0.39 is 0 Å². The van der Waals surface area contributed by atoms with Gasteiger partial charge in [-0.3, -0.25) is 4.98 Å². The number of benzene rings is 2. The number of aromatic nitrogens is 1. The summed E-state index contributed by atoms with van der Waals surface area (Å²) in [6, 6.07) is 22.3. The van der Waals surface area contributed by atoms with Crippen molar-refractivity contribution in [3.05, 3.63) is 90.3 Å². The highest BCUT2D eigenvalue weighted by Crippen LogP contribution is 2.27. The van der Waals surface area contributed by atoms with Crippen LogP contribution in [0.25, 0.3) is 11.1 Å². The van der Waals surface area contributed by atoms with Crippen molar-refractivity contribution in [3.8, 4) is 11.1 Å². The summed E-state index contributed by atoms with van der Waals surface area (Å²) in [6.45, 7) is 0. The Kier molecular flexibility index (Phi) is 3.58. The third-order valence-corrected chi connectivity index (χ3v) is 3.75. The maximum absolute atomic E-state index is 5.62. The summed E-state index contributed by atoms with van der Waals surface area (Å²) in [6.07, 6.45) is 3.13. The topological polar surface area (TPSA) is 46.5 Å². The van der Waals surface area contributed by atoms with Crippen LogP contribution in [0.2, 0.25) is 0 Å². The first-order valence-corrected chi connectivity index (χ1v) is 7.45. The average molecular weight is 301 g/mol. The summed E-state index contributed by atoms with van der Waals surface area (Å²) in [5, 5.41) is 0. The van der Waals surface area contributed by atoms with Gasteiger partial charge in [-0.1, -0.05) is 48.5 Å². The second-order valence-electron chi connectivity index (χ2n) is 5.28. The highest BCUT2D eigenvalue weighted by atomic mass is 16.7. The molecule has 0 aliphatic carbocycles. The van der Waals surface area contributed by atoms with Crippen LogP contribution in [-0.4, -0.2) is 10.8 Å². The number of amidine groups is 1. The molecule has 23 heavy (non-hydrogen) atoms. The molecule has 2 aromatic carbocycles. The molecule has 1 aliphatic rings. The Hall–Kier alpha value is -2.98. The molecule has 1 atom stereocenters. The van der Waals surface area contributed by atoms with Gasteiger partial charge >= 0.3 is 0 Å². The quantitative estimate of drug-likeness (QED) is 0.802. The first kappa shape index (κ1) is 13.7. The molecule has 0 saturated carbocycles. The molecular weight excluding hydrogens is 286 g/mol. The molecule has 4 nitrogen and oxygen atoms in total. The molecule has 1 unspecified atom stereocenters. The van der Waals surface area contributed by atoms with Gasteiger partial charge in [0.15, 0.2) is 5.84 Å². The highest BCUT2D eigenvalue weighted by molar-refractivity contribution is 5.98. The molecule has 2 heterocycles. The monoisotopic (exact) mass is 301 g/mol. The van der Waals surface area contributed by atoms with E-state index in [1.54, 1.807) is 12.4 Å². The fourth-order valence-electron chi connectivity index (χ4n) is 2.57. The minimum absolute atomic E-state index is 0.346. The molecule has 0 spiro atoms. The van der Waals surface area contributed by atoms with Gasteiger partial charge in [0.05, 0.1) is 0 Å². The molecule has 112 valence electrons. The van der Waals surface area contributed by atoms with E-state index in [1.807, 2.05) is 42.5 Å². The predicted molar refractivity (Wildman–Crippen MR) is 89.6 cm³/mol. The zero-order chi connectivity index (χ0) is 15.5. The molecule has 4 rings (SSSR count). The maximum atomic E-state index is 5.62. The third kappa shape index (κ3) is 2.84. The lowest BCUT2D eigenvalue weighted by Gasteiger charge is -2.08. The number of aliphatic imine (C=N–C) groups is 1. The van der Waals surface area contributed by atoms with Gasteiger partial charge in [0.2, 0.25) is 6.23 Å². The molecule has 0 fully saturated rings. The zero-order valence-electron chi connectivity index (χ0n) is 12.4. The standard InChI is InChI=1S/C19H15N3O/c1-2-5-14(6-3-1)16-7-4-8-17(13-16)19-21-18(22-23-19)15-9-11-20-12-10-15/h1-13,19H,(H,21,22). The van der Waals surface area contributed by atoms with Crippen LogP contribution in [-0.2, 0) is 4.84 Å². The van der Waals surface area contributed by atoms with Crippen LogP contribution < -0.4 is 5.48 Å². The maximum Gasteiger partial charge on any atom is 0.202 e. The summed E-state index contributed by atoms with van der Waals surface area (Å²) < 4.78 is 0. The van der Waals surface area contributed by atoms with Crippen molar-refractivity contribution in [1.29, 1.82) is 0 Å². The lowest BCUT2D eigenvalue weighted by Crippen LogP contribution is -2.17. The molecule has 0 saturated heterocycles.